The third-order valence-electron chi connectivity index (χ3n) is 4.04. The number of rotatable bonds is 5. The summed E-state index contributed by atoms with van der Waals surface area (Å²) in [4.78, 5) is 23.3. The molecule has 0 unspecified atom stereocenters. The minimum absolute atomic E-state index is 0.0955. The zero-order valence-electron chi connectivity index (χ0n) is 12.5. The fourth-order valence-electron chi connectivity index (χ4n) is 2.88. The highest BCUT2D eigenvalue weighted by Gasteiger charge is 2.26. The van der Waals surface area contributed by atoms with Crippen LogP contribution in [0.25, 0.3) is 0 Å². The first-order chi connectivity index (χ1) is 10.2. The van der Waals surface area contributed by atoms with E-state index in [0.717, 1.165) is 12.8 Å². The number of carbonyl (C=O) groups excluding carboxylic acids is 2. The second-order valence-electron chi connectivity index (χ2n) is 5.65. The van der Waals surface area contributed by atoms with Crippen molar-refractivity contribution in [3.05, 3.63) is 35.9 Å². The number of hydrogen-bond acceptors (Lipinski definition) is 3. The molecule has 0 aliphatic heterocycles. The van der Waals surface area contributed by atoms with Crippen LogP contribution in [0.3, 0.4) is 0 Å². The normalized spacial score (nSPS) is 17.0. The summed E-state index contributed by atoms with van der Waals surface area (Å²) in [6, 6.07) is 9.06. The Balaban J connectivity index is 2.00. The number of amides is 1. The second-order valence-corrected chi connectivity index (χ2v) is 5.65. The van der Waals surface area contributed by atoms with Gasteiger partial charge in [-0.2, -0.15) is 0 Å². The van der Waals surface area contributed by atoms with Gasteiger partial charge in [-0.3, -0.25) is 9.59 Å². The molecule has 0 spiro atoms. The van der Waals surface area contributed by atoms with E-state index < -0.39 is 0 Å². The summed E-state index contributed by atoms with van der Waals surface area (Å²) in [5.74, 6) is -0.00569. The third-order valence-corrected chi connectivity index (χ3v) is 4.04. The van der Waals surface area contributed by atoms with E-state index in [-0.39, 0.29) is 24.5 Å². The summed E-state index contributed by atoms with van der Waals surface area (Å²) in [5.41, 5.74) is 0.640. The lowest BCUT2D eigenvalue weighted by Crippen LogP contribution is -2.44. The van der Waals surface area contributed by atoms with Crippen LogP contribution in [-0.2, 0) is 9.53 Å². The molecule has 0 bridgehead atoms. The van der Waals surface area contributed by atoms with Crippen LogP contribution in [0.4, 0.5) is 0 Å². The summed E-state index contributed by atoms with van der Waals surface area (Å²) < 4.78 is 5.14. The Hall–Kier alpha value is -1.84. The van der Waals surface area contributed by atoms with E-state index in [9.17, 15) is 9.59 Å². The average molecular weight is 289 g/mol. The van der Waals surface area contributed by atoms with E-state index in [2.05, 4.69) is 5.32 Å². The van der Waals surface area contributed by atoms with Crippen molar-refractivity contribution in [3.8, 4) is 0 Å². The first kappa shape index (κ1) is 15.5. The summed E-state index contributed by atoms with van der Waals surface area (Å²) in [7, 11) is 0. The molecule has 0 saturated heterocycles. The van der Waals surface area contributed by atoms with Crippen LogP contribution in [0, 0.1) is 5.92 Å². The Morgan fingerprint density at radius 1 is 1.19 bits per heavy atom. The SMILES string of the molecule is CC(=O)OC[C@@H](NC(=O)c1ccccc1)C1CCCCC1. The lowest BCUT2D eigenvalue weighted by molar-refractivity contribution is -0.142. The van der Waals surface area contributed by atoms with Crippen LogP contribution < -0.4 is 5.32 Å². The maximum atomic E-state index is 12.3. The van der Waals surface area contributed by atoms with Gasteiger partial charge in [0.15, 0.2) is 0 Å². The first-order valence-electron chi connectivity index (χ1n) is 7.66. The van der Waals surface area contributed by atoms with Crippen molar-refractivity contribution in [1.82, 2.24) is 5.32 Å². The predicted molar refractivity (Wildman–Crippen MR) is 80.9 cm³/mol. The third kappa shape index (κ3) is 4.88. The van der Waals surface area contributed by atoms with E-state index in [1.807, 2.05) is 18.2 Å². The Morgan fingerprint density at radius 3 is 2.48 bits per heavy atom. The summed E-state index contributed by atoms with van der Waals surface area (Å²) >= 11 is 0. The fraction of sp³-hybridized carbons (Fsp3) is 0.529. The number of esters is 1. The summed E-state index contributed by atoms with van der Waals surface area (Å²) in [5, 5.41) is 3.04. The van der Waals surface area contributed by atoms with Gasteiger partial charge < -0.3 is 10.1 Å². The topological polar surface area (TPSA) is 55.4 Å². The Kier molecular flexibility index (Phi) is 5.78. The zero-order valence-corrected chi connectivity index (χ0v) is 12.5. The second kappa shape index (κ2) is 7.81. The first-order valence-corrected chi connectivity index (χ1v) is 7.66. The van der Waals surface area contributed by atoms with Crippen LogP contribution in [-0.4, -0.2) is 24.5 Å². The summed E-state index contributed by atoms with van der Waals surface area (Å²) in [6.07, 6.45) is 5.79. The van der Waals surface area contributed by atoms with Gasteiger partial charge in [-0.15, -0.1) is 0 Å². The van der Waals surface area contributed by atoms with Crippen molar-refractivity contribution >= 4 is 11.9 Å². The highest BCUT2D eigenvalue weighted by molar-refractivity contribution is 5.94. The molecule has 1 aliphatic carbocycles. The van der Waals surface area contributed by atoms with Crippen molar-refractivity contribution < 1.29 is 14.3 Å². The zero-order chi connectivity index (χ0) is 15.1. The van der Waals surface area contributed by atoms with E-state index in [4.69, 9.17) is 4.74 Å². The molecule has 1 atom stereocenters. The lowest BCUT2D eigenvalue weighted by Gasteiger charge is -2.30. The molecule has 0 radical (unpaired) electrons. The fourth-order valence-corrected chi connectivity index (χ4v) is 2.88. The van der Waals surface area contributed by atoms with Gasteiger partial charge >= 0.3 is 5.97 Å². The predicted octanol–water partition coefficient (Wildman–Crippen LogP) is 2.93. The Labute approximate surface area is 125 Å². The van der Waals surface area contributed by atoms with Crippen molar-refractivity contribution in [3.63, 3.8) is 0 Å². The van der Waals surface area contributed by atoms with Crippen LogP contribution in [0.2, 0.25) is 0 Å². The van der Waals surface area contributed by atoms with E-state index in [1.165, 1.54) is 26.2 Å². The number of ether oxygens (including phenoxy) is 1. The lowest BCUT2D eigenvalue weighted by atomic mass is 9.84. The molecule has 1 aromatic carbocycles. The van der Waals surface area contributed by atoms with Gasteiger partial charge in [0, 0.05) is 12.5 Å². The van der Waals surface area contributed by atoms with Gasteiger partial charge in [0.25, 0.3) is 5.91 Å². The summed E-state index contributed by atoms with van der Waals surface area (Å²) in [6.45, 7) is 1.66. The van der Waals surface area contributed by atoms with Gasteiger partial charge in [-0.1, -0.05) is 37.5 Å². The number of carbonyl (C=O) groups is 2. The van der Waals surface area contributed by atoms with Crippen molar-refractivity contribution in [2.24, 2.45) is 5.92 Å². The Bertz CT molecular complexity index is 466. The minimum Gasteiger partial charge on any atom is -0.464 e. The molecule has 1 saturated carbocycles. The minimum atomic E-state index is -0.301. The standard InChI is InChI=1S/C17H23NO3/c1-13(19)21-12-16(14-8-4-2-5-9-14)18-17(20)15-10-6-3-7-11-15/h3,6-7,10-11,14,16H,2,4-5,8-9,12H2,1H3,(H,18,20)/t16-/m1/s1. The van der Waals surface area contributed by atoms with E-state index in [1.54, 1.807) is 12.1 Å². The van der Waals surface area contributed by atoms with Crippen LogP contribution in [0.1, 0.15) is 49.4 Å². The number of nitrogens with one attached hydrogen (secondary N) is 1. The molecular weight excluding hydrogens is 266 g/mol. The monoisotopic (exact) mass is 289 g/mol. The van der Waals surface area contributed by atoms with Crippen LogP contribution in [0.5, 0.6) is 0 Å². The molecule has 1 amide bonds. The molecule has 1 aliphatic rings. The molecule has 0 heterocycles. The van der Waals surface area contributed by atoms with Crippen molar-refractivity contribution in [2.75, 3.05) is 6.61 Å². The van der Waals surface area contributed by atoms with Crippen LogP contribution in [0.15, 0.2) is 30.3 Å². The van der Waals surface area contributed by atoms with E-state index in [0.29, 0.717) is 11.5 Å². The molecule has 114 valence electrons. The maximum Gasteiger partial charge on any atom is 0.302 e. The highest BCUT2D eigenvalue weighted by atomic mass is 16.5. The van der Waals surface area contributed by atoms with Gasteiger partial charge in [-0.25, -0.2) is 0 Å². The Morgan fingerprint density at radius 2 is 1.86 bits per heavy atom. The molecule has 1 N–H and O–H groups in total. The van der Waals surface area contributed by atoms with Crippen molar-refractivity contribution in [1.29, 1.82) is 0 Å². The largest absolute Gasteiger partial charge is 0.464 e. The molecule has 2 rings (SSSR count). The van der Waals surface area contributed by atoms with Gasteiger partial charge in [0.2, 0.25) is 0 Å². The van der Waals surface area contributed by atoms with Gasteiger partial charge in [0.1, 0.15) is 6.61 Å². The average Bonchev–Trinajstić information content (AvgIpc) is 2.52. The van der Waals surface area contributed by atoms with Gasteiger partial charge in [-0.05, 0) is 30.9 Å². The molecular formula is C17H23NO3. The molecule has 21 heavy (non-hydrogen) atoms. The molecule has 4 nitrogen and oxygen atoms in total. The quantitative estimate of drug-likeness (QED) is 0.848. The highest BCUT2D eigenvalue weighted by Crippen LogP contribution is 2.27. The van der Waals surface area contributed by atoms with Crippen LogP contribution >= 0.6 is 0 Å². The number of benzene rings is 1. The molecule has 1 aromatic rings. The van der Waals surface area contributed by atoms with E-state index >= 15 is 0 Å². The smallest absolute Gasteiger partial charge is 0.302 e. The van der Waals surface area contributed by atoms with Gasteiger partial charge in [0.05, 0.1) is 6.04 Å². The number of hydrogen-bond donors (Lipinski definition) is 1. The molecule has 0 aromatic heterocycles. The molecule has 1 fully saturated rings. The maximum absolute atomic E-state index is 12.3. The molecule has 4 heteroatoms. The van der Waals surface area contributed by atoms with Crippen molar-refractivity contribution in [2.45, 2.75) is 45.1 Å².